The first-order chi connectivity index (χ1) is 3.27. The highest BCUT2D eigenvalue weighted by Gasteiger charge is 1.90. The summed E-state index contributed by atoms with van der Waals surface area (Å²) in [6, 6.07) is 0. The van der Waals surface area contributed by atoms with E-state index in [4.69, 9.17) is 18.2 Å². The van der Waals surface area contributed by atoms with Gasteiger partial charge in [-0.1, -0.05) is 18.2 Å². The summed E-state index contributed by atoms with van der Waals surface area (Å²) < 4.78 is 3.00. The molecule has 0 bridgehead atoms. The fraction of sp³-hybridized carbons (Fsp3) is 0.250. The predicted molar refractivity (Wildman–Crippen MR) is 34.1 cm³/mol. The lowest BCUT2D eigenvalue weighted by atomic mass is 10.8. The van der Waals surface area contributed by atoms with Crippen molar-refractivity contribution in [2.45, 2.75) is 0 Å². The van der Waals surface area contributed by atoms with Gasteiger partial charge in [0.15, 0.2) is 0 Å². The number of halogens is 1. The minimum atomic E-state index is 0.529. The zero-order chi connectivity index (χ0) is 5.70. The smallest absolute Gasteiger partial charge is 0.229 e. The third kappa shape index (κ3) is 5.87. The topological polar surface area (TPSA) is 4.36 Å². The maximum absolute atomic E-state index is 6.28. The van der Waals surface area contributed by atoms with Crippen LogP contribution in [0.4, 0.5) is 0 Å². The van der Waals surface area contributed by atoms with Gasteiger partial charge in [0, 0.05) is 5.03 Å². The normalized spacial score (nSPS) is 7.43. The van der Waals surface area contributed by atoms with E-state index >= 15 is 0 Å². The van der Waals surface area contributed by atoms with Crippen LogP contribution in [-0.4, -0.2) is 5.75 Å². The van der Waals surface area contributed by atoms with E-state index in [0.29, 0.717) is 10.8 Å². The summed E-state index contributed by atoms with van der Waals surface area (Å²) >= 11 is 6.37. The Morgan fingerprint density at radius 1 is 2.00 bits per heavy atom. The Balaban J connectivity index is 3.02. The summed E-state index contributed by atoms with van der Waals surface area (Å²) in [6.07, 6.45) is 0. The van der Waals surface area contributed by atoms with Gasteiger partial charge in [-0.3, -0.25) is 0 Å². The molecule has 1 nitrogen and oxygen atoms in total. The molecule has 0 atom stereocenters. The lowest BCUT2D eigenvalue weighted by Gasteiger charge is -1.77. The summed E-state index contributed by atoms with van der Waals surface area (Å²) in [4.78, 5) is 0. The Kier molecular flexibility index (Phi) is 3.97. The molecule has 0 aromatic carbocycles. The first-order valence-electron chi connectivity index (χ1n) is 1.59. The van der Waals surface area contributed by atoms with Crippen LogP contribution < -0.4 is 0 Å². The molecule has 0 heterocycles. The molecule has 0 aliphatic carbocycles. The van der Waals surface area contributed by atoms with Crippen LogP contribution in [0.1, 0.15) is 0 Å². The van der Waals surface area contributed by atoms with Crippen molar-refractivity contribution in [3.63, 3.8) is 0 Å². The summed E-state index contributed by atoms with van der Waals surface area (Å²) in [6.45, 7) is 9.68. The molecule has 0 fully saturated rings. The van der Waals surface area contributed by atoms with Crippen LogP contribution in [0.2, 0.25) is 0 Å². The first-order valence-corrected chi connectivity index (χ1v) is 2.91. The second kappa shape index (κ2) is 4.04. The van der Waals surface area contributed by atoms with Crippen LogP contribution in [0, 0.1) is 6.57 Å². The van der Waals surface area contributed by atoms with Gasteiger partial charge in [-0.2, -0.15) is 0 Å². The highest BCUT2D eigenvalue weighted by molar-refractivity contribution is 8.01. The Morgan fingerprint density at radius 2 is 2.57 bits per heavy atom. The minimum Gasteiger partial charge on any atom is -0.229 e. The second-order valence-electron chi connectivity index (χ2n) is 0.882. The summed E-state index contributed by atoms with van der Waals surface area (Å²) in [5, 5.41) is 0.529. The van der Waals surface area contributed by atoms with Crippen LogP contribution in [-0.2, 0) is 0 Å². The average molecular weight is 134 g/mol. The van der Waals surface area contributed by atoms with Crippen molar-refractivity contribution in [3.05, 3.63) is 22.4 Å². The highest BCUT2D eigenvalue weighted by atomic mass is 35.5. The third-order valence-electron chi connectivity index (χ3n) is 0.286. The Labute approximate surface area is 52.3 Å². The van der Waals surface area contributed by atoms with Gasteiger partial charge in [0.25, 0.3) is 11.9 Å². The Bertz CT molecular complexity index is 105. The van der Waals surface area contributed by atoms with Crippen molar-refractivity contribution in [2.75, 3.05) is 5.75 Å². The van der Waals surface area contributed by atoms with E-state index in [1.807, 2.05) is 0 Å². The summed E-state index contributed by atoms with van der Waals surface area (Å²) in [5.74, 6) is 0.533. The van der Waals surface area contributed by atoms with Gasteiger partial charge in [-0.15, -0.1) is 0 Å². The van der Waals surface area contributed by atoms with E-state index in [1.54, 1.807) is 0 Å². The van der Waals surface area contributed by atoms with Crippen molar-refractivity contribution in [2.24, 2.45) is 0 Å². The molecule has 0 saturated carbocycles. The van der Waals surface area contributed by atoms with E-state index in [9.17, 15) is 0 Å². The molecular weight excluding hydrogens is 130 g/mol. The van der Waals surface area contributed by atoms with Crippen LogP contribution in [0.25, 0.3) is 4.25 Å². The molecule has 7 heavy (non-hydrogen) atoms. The van der Waals surface area contributed by atoms with Crippen LogP contribution >= 0.6 is 23.5 Å². The quantitative estimate of drug-likeness (QED) is 0.413. The molecule has 0 unspecified atom stereocenters. The first kappa shape index (κ1) is 6.87. The largest absolute Gasteiger partial charge is 0.262 e. The van der Waals surface area contributed by atoms with Gasteiger partial charge in [-0.25, -0.2) is 10.8 Å². The molecule has 0 aromatic rings. The molecule has 0 N–H and O–H groups in total. The molecule has 0 rings (SSSR count). The molecule has 38 valence electrons. The van der Waals surface area contributed by atoms with E-state index in [1.165, 1.54) is 0 Å². The lowest BCUT2D eigenvalue weighted by molar-refractivity contribution is 1.75. The molecule has 0 aromatic heterocycles. The van der Waals surface area contributed by atoms with E-state index < -0.39 is 0 Å². The molecule has 0 aliphatic heterocycles. The van der Waals surface area contributed by atoms with E-state index in [0.717, 1.165) is 11.9 Å². The number of hydrogen-bond donors (Lipinski definition) is 0. The second-order valence-corrected chi connectivity index (χ2v) is 2.15. The zero-order valence-electron chi connectivity index (χ0n) is 3.65. The molecule has 0 amide bonds. The highest BCUT2D eigenvalue weighted by Crippen LogP contribution is 2.08. The number of hydrogen-bond acceptors (Lipinski definition) is 1. The Morgan fingerprint density at radius 3 is 2.71 bits per heavy atom. The van der Waals surface area contributed by atoms with Crippen molar-refractivity contribution in [3.8, 4) is 0 Å². The van der Waals surface area contributed by atoms with Gasteiger partial charge < -0.3 is 0 Å². The van der Waals surface area contributed by atoms with E-state index in [2.05, 4.69) is 10.8 Å². The molecule has 0 spiro atoms. The van der Waals surface area contributed by atoms with E-state index in [-0.39, 0.29) is 0 Å². The summed E-state index contributed by atoms with van der Waals surface area (Å²) in [7, 11) is 0. The minimum absolute atomic E-state index is 0.529. The zero-order valence-corrected chi connectivity index (χ0v) is 5.22. The standard InChI is InChI=1S/C4H4ClNS/c1-4(5)3-7-6-2/h1,3H2. The van der Waals surface area contributed by atoms with Crippen LogP contribution in [0.5, 0.6) is 0 Å². The van der Waals surface area contributed by atoms with Gasteiger partial charge >= 0.3 is 0 Å². The monoisotopic (exact) mass is 133 g/mol. The summed E-state index contributed by atoms with van der Waals surface area (Å²) in [5.41, 5.74) is 0. The lowest BCUT2D eigenvalue weighted by Crippen LogP contribution is -1.67. The van der Waals surface area contributed by atoms with Gasteiger partial charge in [-0.05, 0) is 0 Å². The van der Waals surface area contributed by atoms with Gasteiger partial charge in [0.05, 0.1) is 0 Å². The molecule has 0 radical (unpaired) electrons. The van der Waals surface area contributed by atoms with Crippen molar-refractivity contribution in [1.29, 1.82) is 0 Å². The fourth-order valence-electron chi connectivity index (χ4n) is 0.102. The molecule has 3 heteroatoms. The molecule has 0 saturated heterocycles. The SMILES string of the molecule is [C-]#[N+]SCC(=C)Cl. The number of rotatable bonds is 2. The predicted octanol–water partition coefficient (Wildman–Crippen LogP) is 2.31. The van der Waals surface area contributed by atoms with Crippen molar-refractivity contribution in [1.82, 2.24) is 0 Å². The van der Waals surface area contributed by atoms with Crippen LogP contribution in [0.3, 0.4) is 0 Å². The van der Waals surface area contributed by atoms with Crippen molar-refractivity contribution < 1.29 is 0 Å². The fourth-order valence-corrected chi connectivity index (χ4v) is 0.453. The maximum Gasteiger partial charge on any atom is 0.262 e. The average Bonchev–Trinajstić information content (AvgIpc) is 1.61. The molecular formula is C4H4ClNS. The van der Waals surface area contributed by atoms with Gasteiger partial charge in [0.1, 0.15) is 5.75 Å². The Hall–Kier alpha value is -0.130. The van der Waals surface area contributed by atoms with Gasteiger partial charge in [0.2, 0.25) is 0 Å². The molecule has 0 aliphatic rings. The van der Waals surface area contributed by atoms with Crippen LogP contribution in [0.15, 0.2) is 11.6 Å². The third-order valence-corrected chi connectivity index (χ3v) is 1.18. The number of nitrogens with zero attached hydrogens (tertiary/aromatic N) is 1. The maximum atomic E-state index is 6.28. The van der Waals surface area contributed by atoms with Crippen molar-refractivity contribution >= 4 is 23.5 Å².